The highest BCUT2D eigenvalue weighted by atomic mass is 19.1. The van der Waals surface area contributed by atoms with E-state index in [1.165, 1.54) is 12.1 Å². The van der Waals surface area contributed by atoms with Crippen LogP contribution in [0.5, 0.6) is 0 Å². The van der Waals surface area contributed by atoms with E-state index in [9.17, 15) is 18.8 Å². The molecule has 2 fully saturated rings. The van der Waals surface area contributed by atoms with Gasteiger partial charge in [-0.25, -0.2) is 9.18 Å². The minimum absolute atomic E-state index is 0.0303. The number of rotatable bonds is 4. The molecule has 0 aromatic heterocycles. The molecule has 6 nitrogen and oxygen atoms in total. The van der Waals surface area contributed by atoms with Crippen LogP contribution in [-0.2, 0) is 16.0 Å². The van der Waals surface area contributed by atoms with Crippen LogP contribution in [-0.4, -0.2) is 41.4 Å². The number of carbonyl (C=O) groups excluding carboxylic acids is 3. The molecule has 3 rings (SSSR count). The number of hydrogen-bond acceptors (Lipinski definition) is 3. The second-order valence-electron chi connectivity index (χ2n) is 5.93. The molecule has 2 atom stereocenters. The van der Waals surface area contributed by atoms with Gasteiger partial charge in [0, 0.05) is 12.6 Å². The van der Waals surface area contributed by atoms with Gasteiger partial charge in [-0.3, -0.25) is 14.9 Å². The average Bonchev–Trinajstić information content (AvgIpc) is 3.08. The van der Waals surface area contributed by atoms with Gasteiger partial charge in [-0.05, 0) is 37.0 Å². The second-order valence-corrected chi connectivity index (χ2v) is 5.93. The number of halogens is 1. The Balaban J connectivity index is 1.61. The van der Waals surface area contributed by atoms with Gasteiger partial charge >= 0.3 is 6.03 Å². The Hall–Kier alpha value is -2.44. The molecule has 23 heavy (non-hydrogen) atoms. The smallest absolute Gasteiger partial charge is 0.322 e. The number of nitrogens with one attached hydrogen (secondary N) is 2. The van der Waals surface area contributed by atoms with Crippen molar-refractivity contribution >= 4 is 17.8 Å². The Morgan fingerprint density at radius 2 is 2.00 bits per heavy atom. The standard InChI is InChI=1S/C16H18FN3O3/c17-11-5-3-10(4-6-11)8-12-2-1-7-20(12)14(21)9-13-15(22)19-16(23)18-13/h3-6,12-13H,1-2,7-9H2,(H2,18,19,22,23)/t12-,13+/m1/s1. The van der Waals surface area contributed by atoms with E-state index in [1.807, 2.05) is 0 Å². The van der Waals surface area contributed by atoms with Crippen molar-refractivity contribution in [1.82, 2.24) is 15.5 Å². The van der Waals surface area contributed by atoms with Crippen molar-refractivity contribution in [2.75, 3.05) is 6.54 Å². The van der Waals surface area contributed by atoms with Crippen molar-refractivity contribution < 1.29 is 18.8 Å². The first kappa shape index (κ1) is 15.5. The lowest BCUT2D eigenvalue weighted by Crippen LogP contribution is -2.41. The van der Waals surface area contributed by atoms with Gasteiger partial charge in [-0.2, -0.15) is 0 Å². The summed E-state index contributed by atoms with van der Waals surface area (Å²) in [4.78, 5) is 36.8. The normalized spacial score (nSPS) is 23.8. The molecular formula is C16H18FN3O3. The van der Waals surface area contributed by atoms with E-state index in [2.05, 4.69) is 10.6 Å². The molecule has 1 aromatic rings. The third-order valence-corrected chi connectivity index (χ3v) is 4.32. The van der Waals surface area contributed by atoms with E-state index in [0.29, 0.717) is 13.0 Å². The maximum atomic E-state index is 13.0. The Labute approximate surface area is 133 Å². The Bertz CT molecular complexity index is 632. The number of likely N-dealkylation sites (tertiary alicyclic amines) is 1. The van der Waals surface area contributed by atoms with Gasteiger partial charge < -0.3 is 10.2 Å². The third-order valence-electron chi connectivity index (χ3n) is 4.32. The average molecular weight is 319 g/mol. The quantitative estimate of drug-likeness (QED) is 0.811. The summed E-state index contributed by atoms with van der Waals surface area (Å²) in [6.45, 7) is 0.646. The molecule has 2 aliphatic heterocycles. The fourth-order valence-corrected chi connectivity index (χ4v) is 3.16. The SMILES string of the molecule is O=C1NC(=O)[C@H](CC(=O)N2CCC[C@@H]2Cc2ccc(F)cc2)N1. The van der Waals surface area contributed by atoms with Crippen molar-refractivity contribution in [3.63, 3.8) is 0 Å². The Morgan fingerprint density at radius 1 is 1.26 bits per heavy atom. The minimum atomic E-state index is -0.790. The van der Waals surface area contributed by atoms with Crippen LogP contribution in [0.1, 0.15) is 24.8 Å². The number of hydrogen-bond donors (Lipinski definition) is 2. The molecule has 0 spiro atoms. The van der Waals surface area contributed by atoms with Gasteiger partial charge in [0.2, 0.25) is 5.91 Å². The molecule has 2 heterocycles. The van der Waals surface area contributed by atoms with Gasteiger partial charge in [0.25, 0.3) is 5.91 Å². The zero-order chi connectivity index (χ0) is 16.4. The van der Waals surface area contributed by atoms with Gasteiger partial charge in [-0.15, -0.1) is 0 Å². The van der Waals surface area contributed by atoms with Crippen molar-refractivity contribution in [1.29, 1.82) is 0 Å². The Kier molecular flexibility index (Phi) is 4.27. The fourth-order valence-electron chi connectivity index (χ4n) is 3.16. The lowest BCUT2D eigenvalue weighted by atomic mass is 10.0. The van der Waals surface area contributed by atoms with Crippen LogP contribution in [0.2, 0.25) is 0 Å². The van der Waals surface area contributed by atoms with Crippen LogP contribution >= 0.6 is 0 Å². The molecule has 2 saturated heterocycles. The topological polar surface area (TPSA) is 78.5 Å². The van der Waals surface area contributed by atoms with Crippen molar-refractivity contribution in [3.05, 3.63) is 35.6 Å². The molecule has 1 aromatic carbocycles. The van der Waals surface area contributed by atoms with Crippen LogP contribution in [0, 0.1) is 5.82 Å². The minimum Gasteiger partial charge on any atom is -0.339 e. The van der Waals surface area contributed by atoms with Gasteiger partial charge in [0.15, 0.2) is 0 Å². The number of nitrogens with zero attached hydrogens (tertiary/aromatic N) is 1. The van der Waals surface area contributed by atoms with E-state index in [4.69, 9.17) is 0 Å². The molecule has 0 bridgehead atoms. The van der Waals surface area contributed by atoms with E-state index < -0.39 is 18.0 Å². The number of urea groups is 1. The monoisotopic (exact) mass is 319 g/mol. The molecular weight excluding hydrogens is 301 g/mol. The predicted molar refractivity (Wildman–Crippen MR) is 79.9 cm³/mol. The highest BCUT2D eigenvalue weighted by Gasteiger charge is 2.35. The van der Waals surface area contributed by atoms with Crippen molar-refractivity contribution in [2.45, 2.75) is 37.8 Å². The molecule has 122 valence electrons. The summed E-state index contributed by atoms with van der Waals surface area (Å²) in [6, 6.07) is 4.97. The summed E-state index contributed by atoms with van der Waals surface area (Å²) >= 11 is 0. The molecule has 0 radical (unpaired) electrons. The highest BCUT2D eigenvalue weighted by molar-refractivity contribution is 6.05. The summed E-state index contributed by atoms with van der Waals surface area (Å²) in [7, 11) is 0. The Morgan fingerprint density at radius 3 is 2.65 bits per heavy atom. The molecule has 0 saturated carbocycles. The van der Waals surface area contributed by atoms with Crippen molar-refractivity contribution in [3.8, 4) is 0 Å². The highest BCUT2D eigenvalue weighted by Crippen LogP contribution is 2.22. The van der Waals surface area contributed by atoms with Crippen LogP contribution in [0.25, 0.3) is 0 Å². The first-order chi connectivity index (χ1) is 11.0. The lowest BCUT2D eigenvalue weighted by Gasteiger charge is -2.25. The molecule has 4 amide bonds. The van der Waals surface area contributed by atoms with Gasteiger partial charge in [0.05, 0.1) is 6.42 Å². The fraction of sp³-hybridized carbons (Fsp3) is 0.438. The predicted octanol–water partition coefficient (Wildman–Crippen LogP) is 0.957. The summed E-state index contributed by atoms with van der Waals surface area (Å²) < 4.78 is 13.0. The van der Waals surface area contributed by atoms with Crippen molar-refractivity contribution in [2.24, 2.45) is 0 Å². The zero-order valence-electron chi connectivity index (χ0n) is 12.5. The summed E-state index contributed by atoms with van der Waals surface area (Å²) in [5.74, 6) is -0.884. The number of carbonyl (C=O) groups is 3. The van der Waals surface area contributed by atoms with E-state index >= 15 is 0 Å². The maximum Gasteiger partial charge on any atom is 0.322 e. The van der Waals surface area contributed by atoms with Gasteiger partial charge in [0.1, 0.15) is 11.9 Å². The van der Waals surface area contributed by atoms with Crippen LogP contribution in [0.3, 0.4) is 0 Å². The molecule has 7 heteroatoms. The number of imide groups is 1. The summed E-state index contributed by atoms with van der Waals surface area (Å²) in [5.41, 5.74) is 0.975. The molecule has 2 N–H and O–H groups in total. The van der Waals surface area contributed by atoms with E-state index in [1.54, 1.807) is 17.0 Å². The summed E-state index contributed by atoms with van der Waals surface area (Å²) in [6.07, 6.45) is 2.42. The first-order valence-corrected chi connectivity index (χ1v) is 7.68. The van der Waals surface area contributed by atoms with E-state index in [-0.39, 0.29) is 24.2 Å². The number of amides is 4. The summed E-state index contributed by atoms with van der Waals surface area (Å²) in [5, 5.41) is 4.56. The van der Waals surface area contributed by atoms with Gasteiger partial charge in [-0.1, -0.05) is 12.1 Å². The van der Waals surface area contributed by atoms with Crippen LogP contribution < -0.4 is 10.6 Å². The largest absolute Gasteiger partial charge is 0.339 e. The third kappa shape index (κ3) is 3.49. The molecule has 0 aliphatic carbocycles. The molecule has 2 aliphatic rings. The number of benzene rings is 1. The maximum absolute atomic E-state index is 13.0. The molecule has 0 unspecified atom stereocenters. The van der Waals surface area contributed by atoms with Crippen LogP contribution in [0.4, 0.5) is 9.18 Å². The first-order valence-electron chi connectivity index (χ1n) is 7.68. The van der Waals surface area contributed by atoms with Crippen LogP contribution in [0.15, 0.2) is 24.3 Å². The van der Waals surface area contributed by atoms with E-state index in [0.717, 1.165) is 18.4 Å². The lowest BCUT2D eigenvalue weighted by molar-refractivity contribution is -0.134. The zero-order valence-corrected chi connectivity index (χ0v) is 12.5. The second kappa shape index (κ2) is 6.36.